The summed E-state index contributed by atoms with van der Waals surface area (Å²) < 4.78 is 16.3. The highest BCUT2D eigenvalue weighted by Crippen LogP contribution is 2.29. The van der Waals surface area contributed by atoms with Gasteiger partial charge in [-0.25, -0.2) is 4.98 Å². The Morgan fingerprint density at radius 3 is 2.54 bits per heavy atom. The fourth-order valence-corrected chi connectivity index (χ4v) is 5.69. The summed E-state index contributed by atoms with van der Waals surface area (Å²) in [5, 5.41) is 5.93. The van der Waals surface area contributed by atoms with Crippen LogP contribution in [0.4, 0.5) is 0 Å². The topological polar surface area (TPSA) is 69.6 Å². The molecule has 0 unspecified atom stereocenters. The minimum absolute atomic E-state index is 0.300. The summed E-state index contributed by atoms with van der Waals surface area (Å²) in [6.45, 7) is 0.357. The zero-order chi connectivity index (χ0) is 26.9. The highest BCUT2D eigenvalue weighted by molar-refractivity contribution is 9.11. The van der Waals surface area contributed by atoms with E-state index in [-0.39, 0.29) is 5.56 Å². The Morgan fingerprint density at radius 1 is 0.897 bits per heavy atom. The molecule has 9 heteroatoms. The summed E-state index contributed by atoms with van der Waals surface area (Å²) in [6.07, 6.45) is 1.60. The molecule has 6 aromatic rings. The van der Waals surface area contributed by atoms with Gasteiger partial charge in [0.1, 0.15) is 17.9 Å². The van der Waals surface area contributed by atoms with Gasteiger partial charge in [-0.2, -0.15) is 9.78 Å². The Bertz CT molecular complexity index is 1950. The lowest BCUT2D eigenvalue weighted by Gasteiger charge is -2.11. The van der Waals surface area contributed by atoms with Crippen molar-refractivity contribution in [3.8, 4) is 17.3 Å². The van der Waals surface area contributed by atoms with Gasteiger partial charge in [-0.15, -0.1) is 0 Å². The molecule has 6 rings (SSSR count). The number of fused-ring (bicyclic) bond motifs is 2. The fraction of sp³-hybridized carbons (Fsp3) is 0.0333. The lowest BCUT2D eigenvalue weighted by Crippen LogP contribution is -2.20. The number of hydrogen-bond donors (Lipinski definition) is 0. The van der Waals surface area contributed by atoms with E-state index in [9.17, 15) is 4.79 Å². The molecule has 0 aliphatic rings. The lowest BCUT2D eigenvalue weighted by molar-refractivity contribution is 0.305. The maximum atomic E-state index is 13.6. The van der Waals surface area contributed by atoms with Gasteiger partial charge in [0.05, 0.1) is 17.1 Å². The molecule has 0 bridgehead atoms. The molecule has 6 nitrogen and oxygen atoms in total. The van der Waals surface area contributed by atoms with Crippen LogP contribution in [0.5, 0.6) is 5.75 Å². The summed E-state index contributed by atoms with van der Waals surface area (Å²) in [6, 6.07) is 28.2. The van der Waals surface area contributed by atoms with Crippen molar-refractivity contribution in [2.75, 3.05) is 0 Å². The van der Waals surface area contributed by atoms with E-state index in [0.29, 0.717) is 46.0 Å². The van der Waals surface area contributed by atoms with Gasteiger partial charge in [0.25, 0.3) is 5.56 Å². The van der Waals surface area contributed by atoms with Gasteiger partial charge in [0.2, 0.25) is 5.82 Å². The van der Waals surface area contributed by atoms with Crippen LogP contribution in [-0.4, -0.2) is 15.9 Å². The first-order chi connectivity index (χ1) is 19.0. The second-order valence-electron chi connectivity index (χ2n) is 8.67. The van der Waals surface area contributed by atoms with Crippen LogP contribution in [0.2, 0.25) is 0 Å². The molecular formula is C30H18Br3N3O3. The van der Waals surface area contributed by atoms with Crippen molar-refractivity contribution < 1.29 is 9.15 Å². The first-order valence-electron chi connectivity index (χ1n) is 11.9. The van der Waals surface area contributed by atoms with E-state index >= 15 is 0 Å². The van der Waals surface area contributed by atoms with Gasteiger partial charge >= 0.3 is 0 Å². The van der Waals surface area contributed by atoms with Crippen molar-refractivity contribution in [1.29, 1.82) is 0 Å². The van der Waals surface area contributed by atoms with Crippen molar-refractivity contribution >= 4 is 75.9 Å². The molecule has 0 atom stereocenters. The largest absolute Gasteiger partial charge is 0.488 e. The van der Waals surface area contributed by atoms with Gasteiger partial charge < -0.3 is 9.15 Å². The molecule has 0 spiro atoms. The highest BCUT2D eigenvalue weighted by atomic mass is 79.9. The Kier molecular flexibility index (Phi) is 7.20. The van der Waals surface area contributed by atoms with Crippen molar-refractivity contribution in [2.45, 2.75) is 6.61 Å². The van der Waals surface area contributed by atoms with Crippen LogP contribution in [0.15, 0.2) is 119 Å². The fourth-order valence-electron chi connectivity index (χ4n) is 4.15. The number of ether oxygens (including phenoxy) is 1. The first-order valence-corrected chi connectivity index (χ1v) is 14.3. The first kappa shape index (κ1) is 25.7. The number of aromatic nitrogens is 2. The summed E-state index contributed by atoms with van der Waals surface area (Å²) in [4.78, 5) is 18.3. The van der Waals surface area contributed by atoms with E-state index in [0.717, 1.165) is 24.4 Å². The third kappa shape index (κ3) is 5.34. The van der Waals surface area contributed by atoms with Crippen molar-refractivity contribution in [1.82, 2.24) is 9.66 Å². The van der Waals surface area contributed by atoms with E-state index in [1.807, 2.05) is 72.8 Å². The molecule has 192 valence electrons. The van der Waals surface area contributed by atoms with Crippen molar-refractivity contribution in [2.24, 2.45) is 5.10 Å². The molecule has 0 aliphatic heterocycles. The van der Waals surface area contributed by atoms with Gasteiger partial charge in [-0.05, 0) is 60.7 Å². The maximum absolute atomic E-state index is 13.6. The van der Waals surface area contributed by atoms with E-state index in [4.69, 9.17) is 14.1 Å². The molecule has 4 aromatic carbocycles. The van der Waals surface area contributed by atoms with Crippen molar-refractivity contribution in [3.63, 3.8) is 0 Å². The monoisotopic (exact) mass is 705 g/mol. The summed E-state index contributed by atoms with van der Waals surface area (Å²) >= 11 is 10.6. The van der Waals surface area contributed by atoms with Crippen molar-refractivity contribution in [3.05, 3.63) is 126 Å². The molecule has 2 aromatic heterocycles. The second kappa shape index (κ2) is 10.9. The van der Waals surface area contributed by atoms with Crippen LogP contribution in [0, 0.1) is 0 Å². The number of para-hydroxylation sites is 2. The van der Waals surface area contributed by atoms with E-state index in [2.05, 4.69) is 52.9 Å². The van der Waals surface area contributed by atoms with Gasteiger partial charge in [0, 0.05) is 29.9 Å². The maximum Gasteiger partial charge on any atom is 0.282 e. The van der Waals surface area contributed by atoms with Gasteiger partial charge in [-0.1, -0.05) is 78.1 Å². The second-order valence-corrected chi connectivity index (χ2v) is 11.4. The number of furan rings is 1. The number of rotatable bonds is 6. The molecule has 0 saturated heterocycles. The number of nitrogens with zero attached hydrogens (tertiary/aromatic N) is 3. The predicted molar refractivity (Wildman–Crippen MR) is 165 cm³/mol. The minimum Gasteiger partial charge on any atom is -0.488 e. The summed E-state index contributed by atoms with van der Waals surface area (Å²) in [5.74, 6) is 1.38. The van der Waals surface area contributed by atoms with E-state index < -0.39 is 0 Å². The quantitative estimate of drug-likeness (QED) is 0.163. The molecule has 0 N–H and O–H groups in total. The minimum atomic E-state index is -0.300. The summed E-state index contributed by atoms with van der Waals surface area (Å²) in [7, 11) is 0. The standard InChI is InChI=1S/C30H18Br3N3O3/c31-21-11-12-27-20(13-21)14-28(39-27)29-35-25-7-3-2-6-23(25)30(37)36(29)34-16-18-5-1-4-8-26(18)38-17-19-9-10-22(32)15-24(19)33/h1-16H,17H2. The molecule has 0 saturated carbocycles. The summed E-state index contributed by atoms with van der Waals surface area (Å²) in [5.41, 5.74) is 2.66. The molecular weight excluding hydrogens is 690 g/mol. The number of halogens is 3. The van der Waals surface area contributed by atoms with Crippen LogP contribution in [0.25, 0.3) is 33.5 Å². The molecule has 39 heavy (non-hydrogen) atoms. The Labute approximate surface area is 248 Å². The van der Waals surface area contributed by atoms with Crippen LogP contribution in [0.3, 0.4) is 0 Å². The SMILES string of the molecule is O=c1c2ccccc2nc(-c2cc3cc(Br)ccc3o2)n1N=Cc1ccccc1OCc1ccc(Br)cc1Br. The third-order valence-corrected chi connectivity index (χ3v) is 7.81. The van der Waals surface area contributed by atoms with Crippen LogP contribution >= 0.6 is 47.8 Å². The van der Waals surface area contributed by atoms with Crippen LogP contribution in [0.1, 0.15) is 11.1 Å². The smallest absolute Gasteiger partial charge is 0.282 e. The average molecular weight is 708 g/mol. The van der Waals surface area contributed by atoms with E-state index in [1.54, 1.807) is 24.4 Å². The Morgan fingerprint density at radius 2 is 1.67 bits per heavy atom. The van der Waals surface area contributed by atoms with Crippen LogP contribution < -0.4 is 10.3 Å². The molecule has 0 radical (unpaired) electrons. The van der Waals surface area contributed by atoms with Crippen LogP contribution in [-0.2, 0) is 6.61 Å². The zero-order valence-corrected chi connectivity index (χ0v) is 24.9. The highest BCUT2D eigenvalue weighted by Gasteiger charge is 2.17. The molecule has 0 amide bonds. The Hall–Kier alpha value is -3.53. The van der Waals surface area contributed by atoms with Gasteiger partial charge in [0.15, 0.2) is 5.76 Å². The molecule has 0 fully saturated rings. The third-order valence-electron chi connectivity index (χ3n) is 6.08. The van der Waals surface area contributed by atoms with Gasteiger partial charge in [-0.3, -0.25) is 4.79 Å². The zero-order valence-electron chi connectivity index (χ0n) is 20.1. The molecule has 2 heterocycles. The number of benzene rings is 4. The predicted octanol–water partition coefficient (Wildman–Crippen LogP) is 8.56. The normalized spacial score (nSPS) is 11.6. The lowest BCUT2D eigenvalue weighted by atomic mass is 10.2. The number of hydrogen-bond acceptors (Lipinski definition) is 5. The van der Waals surface area contributed by atoms with E-state index in [1.165, 1.54) is 4.68 Å². The average Bonchev–Trinajstić information content (AvgIpc) is 3.35. The molecule has 0 aliphatic carbocycles. The Balaban J connectivity index is 1.41.